The molecule has 3 aromatic carbocycles. The molecular formula is C27H23N3O4S. The molecule has 8 heteroatoms. The molecule has 2 heterocycles. The second kappa shape index (κ2) is 9.68. The minimum Gasteiger partial charge on any atom is -0.504 e. The standard InChI is InChI=1S/C27H23N3O4S/c1-33-20-11-9-19(10-12-20)22-16-21(18-6-4-3-5-7-18)29-30(22)27-28-26(32)25(35-27)15-17-8-13-23(31)24(14-17)34-2/h3-15,22,31H,16H2,1-2H3/b25-15-. The summed E-state index contributed by atoms with van der Waals surface area (Å²) >= 11 is 1.28. The first-order chi connectivity index (χ1) is 17.1. The van der Waals surface area contributed by atoms with Crippen LogP contribution in [0.1, 0.15) is 29.2 Å². The van der Waals surface area contributed by atoms with Crippen LogP contribution in [0.4, 0.5) is 0 Å². The third kappa shape index (κ3) is 4.65. The lowest BCUT2D eigenvalue weighted by atomic mass is 9.98. The molecule has 0 aliphatic carbocycles. The fourth-order valence-corrected chi connectivity index (χ4v) is 4.92. The zero-order chi connectivity index (χ0) is 24.4. The number of aliphatic imine (C=N–C) groups is 1. The number of hydrogen-bond acceptors (Lipinski definition) is 7. The maximum atomic E-state index is 12.8. The molecular weight excluding hydrogens is 462 g/mol. The van der Waals surface area contributed by atoms with Crippen molar-refractivity contribution in [3.63, 3.8) is 0 Å². The Morgan fingerprint density at radius 2 is 1.80 bits per heavy atom. The summed E-state index contributed by atoms with van der Waals surface area (Å²) in [5, 5.41) is 17.1. The van der Waals surface area contributed by atoms with Crippen molar-refractivity contribution in [3.05, 3.63) is 94.4 Å². The van der Waals surface area contributed by atoms with Gasteiger partial charge in [-0.05, 0) is 58.8 Å². The second-order valence-electron chi connectivity index (χ2n) is 7.99. The van der Waals surface area contributed by atoms with Crippen molar-refractivity contribution in [1.82, 2.24) is 5.01 Å². The first-order valence-electron chi connectivity index (χ1n) is 11.0. The van der Waals surface area contributed by atoms with E-state index in [0.717, 1.165) is 28.2 Å². The van der Waals surface area contributed by atoms with Crippen molar-refractivity contribution in [2.45, 2.75) is 12.5 Å². The van der Waals surface area contributed by atoms with Gasteiger partial charge in [-0.1, -0.05) is 48.5 Å². The Balaban J connectivity index is 1.46. The fraction of sp³-hybridized carbons (Fsp3) is 0.148. The summed E-state index contributed by atoms with van der Waals surface area (Å²) in [6, 6.07) is 22.7. The highest BCUT2D eigenvalue weighted by molar-refractivity contribution is 8.18. The van der Waals surface area contributed by atoms with E-state index in [9.17, 15) is 9.90 Å². The number of hydrogen-bond donors (Lipinski definition) is 1. The molecule has 0 saturated carbocycles. The number of hydrazone groups is 1. The fourth-order valence-electron chi connectivity index (χ4n) is 4.01. The Morgan fingerprint density at radius 3 is 2.51 bits per heavy atom. The molecule has 0 spiro atoms. The summed E-state index contributed by atoms with van der Waals surface area (Å²) in [4.78, 5) is 17.6. The number of rotatable bonds is 5. The maximum absolute atomic E-state index is 12.8. The number of aromatic hydroxyl groups is 1. The van der Waals surface area contributed by atoms with Gasteiger partial charge in [0.2, 0.25) is 0 Å². The molecule has 0 fully saturated rings. The molecule has 35 heavy (non-hydrogen) atoms. The molecule has 1 unspecified atom stereocenters. The molecule has 0 radical (unpaired) electrons. The molecule has 1 amide bonds. The van der Waals surface area contributed by atoms with Crippen molar-refractivity contribution in [3.8, 4) is 17.2 Å². The number of carbonyl (C=O) groups is 1. The normalized spacial score (nSPS) is 18.6. The lowest BCUT2D eigenvalue weighted by molar-refractivity contribution is -0.113. The average Bonchev–Trinajstić information content (AvgIpc) is 3.50. The number of amidine groups is 1. The Morgan fingerprint density at radius 1 is 1.03 bits per heavy atom. The van der Waals surface area contributed by atoms with Crippen molar-refractivity contribution in [2.75, 3.05) is 14.2 Å². The summed E-state index contributed by atoms with van der Waals surface area (Å²) in [5.41, 5.74) is 3.75. The first kappa shape index (κ1) is 22.7. The highest BCUT2D eigenvalue weighted by Crippen LogP contribution is 2.40. The van der Waals surface area contributed by atoms with E-state index < -0.39 is 0 Å². The predicted octanol–water partition coefficient (Wildman–Crippen LogP) is 5.23. The zero-order valence-corrected chi connectivity index (χ0v) is 20.0. The third-order valence-corrected chi connectivity index (χ3v) is 6.80. The Labute approximate surface area is 207 Å². The van der Waals surface area contributed by atoms with Crippen molar-refractivity contribution < 1.29 is 19.4 Å². The largest absolute Gasteiger partial charge is 0.504 e. The lowest BCUT2D eigenvalue weighted by Crippen LogP contribution is -2.23. The van der Waals surface area contributed by atoms with Crippen LogP contribution in [0.2, 0.25) is 0 Å². The number of amides is 1. The number of phenolic OH excluding ortho intramolecular Hbond substituents is 1. The molecule has 3 aromatic rings. The first-order valence-corrected chi connectivity index (χ1v) is 11.8. The third-order valence-electron chi connectivity index (χ3n) is 5.82. The number of carbonyl (C=O) groups excluding carboxylic acids is 1. The van der Waals surface area contributed by atoms with Gasteiger partial charge in [-0.25, -0.2) is 5.01 Å². The van der Waals surface area contributed by atoms with Gasteiger partial charge in [0.1, 0.15) is 5.75 Å². The van der Waals surface area contributed by atoms with E-state index in [4.69, 9.17) is 14.6 Å². The zero-order valence-electron chi connectivity index (χ0n) is 19.2. The van der Waals surface area contributed by atoms with Crippen LogP contribution in [-0.4, -0.2) is 41.1 Å². The highest BCUT2D eigenvalue weighted by Gasteiger charge is 2.36. The van der Waals surface area contributed by atoms with Gasteiger partial charge in [-0.15, -0.1) is 0 Å². The maximum Gasteiger partial charge on any atom is 0.286 e. The smallest absolute Gasteiger partial charge is 0.286 e. The van der Waals surface area contributed by atoms with Gasteiger partial charge in [-0.3, -0.25) is 4.79 Å². The SMILES string of the molecule is COc1ccc(C2CC(c3ccccc3)=NN2C2=NC(=O)/C(=C/c3ccc(O)c(OC)c3)S2)cc1. The second-order valence-corrected chi connectivity index (χ2v) is 9.00. The van der Waals surface area contributed by atoms with Crippen LogP contribution in [0.25, 0.3) is 6.08 Å². The van der Waals surface area contributed by atoms with Gasteiger partial charge >= 0.3 is 0 Å². The molecule has 176 valence electrons. The van der Waals surface area contributed by atoms with E-state index in [1.165, 1.54) is 24.9 Å². The van der Waals surface area contributed by atoms with E-state index in [1.807, 2.05) is 59.6 Å². The average molecular weight is 486 g/mol. The van der Waals surface area contributed by atoms with Crippen molar-refractivity contribution in [2.24, 2.45) is 10.1 Å². The summed E-state index contributed by atoms with van der Waals surface area (Å²) in [6.07, 6.45) is 2.42. The van der Waals surface area contributed by atoms with Crippen molar-refractivity contribution >= 4 is 34.6 Å². The van der Waals surface area contributed by atoms with E-state index >= 15 is 0 Å². The van der Waals surface area contributed by atoms with Gasteiger partial charge < -0.3 is 14.6 Å². The van der Waals surface area contributed by atoms with Crippen LogP contribution in [0.15, 0.2) is 87.8 Å². The highest BCUT2D eigenvalue weighted by atomic mass is 32.2. The molecule has 7 nitrogen and oxygen atoms in total. The Hall–Kier alpha value is -4.04. The number of thioether (sulfide) groups is 1. The van der Waals surface area contributed by atoms with Gasteiger partial charge in [0.15, 0.2) is 16.7 Å². The molecule has 2 aliphatic heterocycles. The van der Waals surface area contributed by atoms with Gasteiger partial charge in [0.05, 0.1) is 30.9 Å². The van der Waals surface area contributed by atoms with Crippen LogP contribution >= 0.6 is 11.8 Å². The van der Waals surface area contributed by atoms with Gasteiger partial charge in [-0.2, -0.15) is 10.1 Å². The Bertz CT molecular complexity index is 1350. The number of methoxy groups -OCH3 is 2. The number of phenols is 1. The monoisotopic (exact) mass is 485 g/mol. The molecule has 1 N–H and O–H groups in total. The minimum absolute atomic E-state index is 0.0409. The lowest BCUT2D eigenvalue weighted by Gasteiger charge is -2.22. The molecule has 5 rings (SSSR count). The Kier molecular flexibility index (Phi) is 6.29. The summed E-state index contributed by atoms with van der Waals surface area (Å²) in [5.74, 6) is 0.833. The number of nitrogens with zero attached hydrogens (tertiary/aromatic N) is 3. The topological polar surface area (TPSA) is 83.7 Å². The van der Waals surface area contributed by atoms with Crippen LogP contribution < -0.4 is 9.47 Å². The van der Waals surface area contributed by atoms with E-state index in [-0.39, 0.29) is 17.7 Å². The van der Waals surface area contributed by atoms with E-state index in [1.54, 1.807) is 25.3 Å². The molecule has 2 aliphatic rings. The van der Waals surface area contributed by atoms with Crippen molar-refractivity contribution in [1.29, 1.82) is 0 Å². The van der Waals surface area contributed by atoms with Crippen LogP contribution in [0.5, 0.6) is 17.2 Å². The minimum atomic E-state index is -0.325. The number of ether oxygens (including phenoxy) is 2. The van der Waals surface area contributed by atoms with Crippen LogP contribution in [0.3, 0.4) is 0 Å². The van der Waals surface area contributed by atoms with Gasteiger partial charge in [0, 0.05) is 6.42 Å². The number of benzene rings is 3. The van der Waals surface area contributed by atoms with Crippen LogP contribution in [0, 0.1) is 0 Å². The van der Waals surface area contributed by atoms with E-state index in [0.29, 0.717) is 22.2 Å². The van der Waals surface area contributed by atoms with Crippen LogP contribution in [-0.2, 0) is 4.79 Å². The van der Waals surface area contributed by atoms with Gasteiger partial charge in [0.25, 0.3) is 5.91 Å². The molecule has 0 saturated heterocycles. The van der Waals surface area contributed by atoms with E-state index in [2.05, 4.69) is 4.99 Å². The molecule has 1 atom stereocenters. The summed E-state index contributed by atoms with van der Waals surface area (Å²) in [6.45, 7) is 0. The molecule has 0 bridgehead atoms. The molecule has 0 aromatic heterocycles. The predicted molar refractivity (Wildman–Crippen MR) is 138 cm³/mol. The summed E-state index contributed by atoms with van der Waals surface area (Å²) in [7, 11) is 3.12. The quantitative estimate of drug-likeness (QED) is 0.498. The summed E-state index contributed by atoms with van der Waals surface area (Å²) < 4.78 is 10.5.